The predicted molar refractivity (Wildman–Crippen MR) is 88.7 cm³/mol. The van der Waals surface area contributed by atoms with Crippen LogP contribution in [0.1, 0.15) is 32.6 Å². The number of sulfonamides is 1. The minimum atomic E-state index is -3.57. The highest BCUT2D eigenvalue weighted by molar-refractivity contribution is 7.89. The van der Waals surface area contributed by atoms with E-state index in [4.69, 9.17) is 4.74 Å². The maximum atomic E-state index is 12.8. The van der Waals surface area contributed by atoms with Crippen LogP contribution < -0.4 is 10.0 Å². The zero-order valence-electron chi connectivity index (χ0n) is 13.8. The van der Waals surface area contributed by atoms with Crippen molar-refractivity contribution in [2.75, 3.05) is 12.4 Å². The first-order valence-corrected chi connectivity index (χ1v) is 9.77. The quantitative estimate of drug-likeness (QED) is 0.758. The molecule has 1 spiro atoms. The molecule has 2 bridgehead atoms. The summed E-state index contributed by atoms with van der Waals surface area (Å²) in [6, 6.07) is 6.97. The van der Waals surface area contributed by atoms with Crippen molar-refractivity contribution in [3.8, 4) is 0 Å². The molecule has 6 nitrogen and oxygen atoms in total. The topological polar surface area (TPSA) is 84.5 Å². The van der Waals surface area contributed by atoms with Gasteiger partial charge in [-0.25, -0.2) is 8.42 Å². The van der Waals surface area contributed by atoms with Crippen molar-refractivity contribution in [3.63, 3.8) is 0 Å². The molecule has 1 heterocycles. The molecule has 3 aliphatic carbocycles. The van der Waals surface area contributed by atoms with E-state index in [1.807, 2.05) is 6.07 Å². The summed E-state index contributed by atoms with van der Waals surface area (Å²) in [4.78, 5) is 12.5. The summed E-state index contributed by atoms with van der Waals surface area (Å²) in [7, 11) is -2.15. The summed E-state index contributed by atoms with van der Waals surface area (Å²) in [6.07, 6.45) is 3.02. The Morgan fingerprint density at radius 1 is 1.33 bits per heavy atom. The van der Waals surface area contributed by atoms with Crippen LogP contribution in [0.5, 0.6) is 0 Å². The van der Waals surface area contributed by atoms with Gasteiger partial charge in [0.25, 0.3) is 0 Å². The Morgan fingerprint density at radius 3 is 2.79 bits per heavy atom. The zero-order valence-corrected chi connectivity index (χ0v) is 14.7. The Hall–Kier alpha value is -1.60. The van der Waals surface area contributed by atoms with Crippen LogP contribution >= 0.6 is 0 Å². The number of para-hydroxylation sites is 1. The molecule has 1 aromatic rings. The fraction of sp³-hybridized carbons (Fsp3) is 0.588. The first-order chi connectivity index (χ1) is 11.3. The second kappa shape index (κ2) is 4.95. The van der Waals surface area contributed by atoms with Crippen LogP contribution in [-0.4, -0.2) is 27.2 Å². The van der Waals surface area contributed by atoms with Gasteiger partial charge in [-0.2, -0.15) is 4.72 Å². The van der Waals surface area contributed by atoms with Crippen molar-refractivity contribution in [3.05, 3.63) is 24.3 Å². The highest BCUT2D eigenvalue weighted by Crippen LogP contribution is 2.59. The highest BCUT2D eigenvalue weighted by atomic mass is 32.2. The van der Waals surface area contributed by atoms with Crippen molar-refractivity contribution in [1.29, 1.82) is 0 Å². The molecular formula is C17H22N2O4S. The van der Waals surface area contributed by atoms with E-state index in [1.165, 1.54) is 7.11 Å². The van der Waals surface area contributed by atoms with Crippen molar-refractivity contribution >= 4 is 21.7 Å². The second-order valence-electron chi connectivity index (χ2n) is 7.58. The van der Waals surface area contributed by atoms with Gasteiger partial charge in [-0.15, -0.1) is 0 Å². The summed E-state index contributed by atoms with van der Waals surface area (Å²) in [5.41, 5.74) is -0.351. The number of benzene rings is 1. The summed E-state index contributed by atoms with van der Waals surface area (Å²) in [6.45, 7) is 2.07. The molecule has 3 saturated carbocycles. The van der Waals surface area contributed by atoms with Crippen molar-refractivity contribution in [2.24, 2.45) is 17.3 Å². The van der Waals surface area contributed by atoms with Crippen LogP contribution in [0.2, 0.25) is 0 Å². The summed E-state index contributed by atoms with van der Waals surface area (Å²) in [5, 5.41) is 3.46. The predicted octanol–water partition coefficient (Wildman–Crippen LogP) is 2.09. The largest absolute Gasteiger partial charge is 0.469 e. The molecule has 0 radical (unpaired) electrons. The average molecular weight is 350 g/mol. The lowest BCUT2D eigenvalue weighted by Gasteiger charge is -2.60. The van der Waals surface area contributed by atoms with Gasteiger partial charge < -0.3 is 10.1 Å². The van der Waals surface area contributed by atoms with E-state index in [2.05, 4.69) is 17.0 Å². The van der Waals surface area contributed by atoms with Gasteiger partial charge in [0.05, 0.1) is 18.7 Å². The van der Waals surface area contributed by atoms with Gasteiger partial charge in [0.1, 0.15) is 10.6 Å². The first-order valence-electron chi connectivity index (χ1n) is 8.29. The van der Waals surface area contributed by atoms with E-state index < -0.39 is 15.7 Å². The van der Waals surface area contributed by atoms with Crippen molar-refractivity contribution in [2.45, 2.75) is 43.2 Å². The Bertz CT molecular complexity index is 809. The summed E-state index contributed by atoms with van der Waals surface area (Å²) >= 11 is 0. The Balaban J connectivity index is 1.76. The van der Waals surface area contributed by atoms with Crippen molar-refractivity contribution in [1.82, 2.24) is 4.72 Å². The molecule has 1 aromatic carbocycles. The van der Waals surface area contributed by atoms with Crippen LogP contribution in [0.4, 0.5) is 5.69 Å². The number of carbonyl (C=O) groups is 1. The molecule has 4 aliphatic rings. The van der Waals surface area contributed by atoms with E-state index in [1.54, 1.807) is 18.2 Å². The van der Waals surface area contributed by atoms with E-state index in [0.717, 1.165) is 12.8 Å². The normalized spacial score (nSPS) is 39.1. The number of carbonyl (C=O) groups excluding carboxylic acids is 1. The first kappa shape index (κ1) is 15.9. The van der Waals surface area contributed by atoms with Gasteiger partial charge in [0.15, 0.2) is 0 Å². The van der Waals surface area contributed by atoms with Crippen LogP contribution in [-0.2, 0) is 19.6 Å². The van der Waals surface area contributed by atoms with Crippen LogP contribution in [0, 0.1) is 17.3 Å². The Kier molecular flexibility index (Phi) is 3.28. The molecule has 7 heteroatoms. The second-order valence-corrected chi connectivity index (χ2v) is 9.23. The lowest BCUT2D eigenvalue weighted by atomic mass is 9.52. The Morgan fingerprint density at radius 2 is 2.08 bits per heavy atom. The number of hydrogen-bond donors (Lipinski definition) is 2. The third-order valence-electron chi connectivity index (χ3n) is 6.14. The van der Waals surface area contributed by atoms with E-state index >= 15 is 0 Å². The number of rotatable bonds is 1. The molecule has 1 aliphatic heterocycles. The lowest BCUT2D eigenvalue weighted by molar-refractivity contribution is -0.160. The lowest BCUT2D eigenvalue weighted by Crippen LogP contribution is -2.69. The molecule has 0 unspecified atom stereocenters. The van der Waals surface area contributed by atoms with Crippen LogP contribution in [0.15, 0.2) is 29.2 Å². The number of anilines is 1. The fourth-order valence-corrected chi connectivity index (χ4v) is 6.50. The SMILES string of the molecule is COC(=O)[C@@H]1C[C@H]2CC[C@@]1(C)C[C@]21Nc2ccccc2S(=O)(=O)N1. The molecule has 2 N–H and O–H groups in total. The number of esters is 1. The van der Waals surface area contributed by atoms with Gasteiger partial charge in [0.2, 0.25) is 10.0 Å². The molecule has 24 heavy (non-hydrogen) atoms. The van der Waals surface area contributed by atoms with Gasteiger partial charge in [-0.3, -0.25) is 4.79 Å². The van der Waals surface area contributed by atoms with Gasteiger partial charge in [0, 0.05) is 0 Å². The van der Waals surface area contributed by atoms with Gasteiger partial charge in [-0.05, 0) is 49.1 Å². The van der Waals surface area contributed by atoms with Crippen molar-refractivity contribution < 1.29 is 17.9 Å². The fourth-order valence-electron chi connectivity index (χ4n) is 4.96. The molecule has 4 atom stereocenters. The third-order valence-corrected chi connectivity index (χ3v) is 7.71. The zero-order chi connectivity index (χ0) is 17.2. The molecule has 130 valence electrons. The van der Waals surface area contributed by atoms with Crippen LogP contribution in [0.3, 0.4) is 0 Å². The monoisotopic (exact) mass is 350 g/mol. The molecule has 0 amide bonds. The maximum absolute atomic E-state index is 12.8. The molecule has 3 fully saturated rings. The van der Waals surface area contributed by atoms with E-state index in [-0.39, 0.29) is 28.1 Å². The molecule has 0 saturated heterocycles. The molecule has 0 aromatic heterocycles. The number of ether oxygens (including phenoxy) is 1. The summed E-state index contributed by atoms with van der Waals surface area (Å²) in [5.74, 6) is -0.293. The maximum Gasteiger partial charge on any atom is 0.309 e. The standard InChI is InChI=1S/C17H22N2O4S/c1-16-8-7-11(9-12(16)15(20)23-2)17(10-16)18-13-5-3-4-6-14(13)24(21,22)19-17/h3-6,11-12,18-19H,7-10H2,1-2H3/t11-,12+,16+,17-/m1/s1. The average Bonchev–Trinajstić information content (AvgIpc) is 2.53. The number of hydrogen-bond acceptors (Lipinski definition) is 5. The molecular weight excluding hydrogens is 328 g/mol. The minimum Gasteiger partial charge on any atom is -0.469 e. The van der Waals surface area contributed by atoms with E-state index in [0.29, 0.717) is 18.5 Å². The van der Waals surface area contributed by atoms with Gasteiger partial charge >= 0.3 is 5.97 Å². The highest BCUT2D eigenvalue weighted by Gasteiger charge is 2.61. The Labute approximate surface area is 142 Å². The molecule has 5 rings (SSSR count). The number of methoxy groups -OCH3 is 1. The van der Waals surface area contributed by atoms with E-state index in [9.17, 15) is 13.2 Å². The van der Waals surface area contributed by atoms with Gasteiger partial charge in [-0.1, -0.05) is 19.1 Å². The number of fused-ring (bicyclic) bond motifs is 3. The summed E-state index contributed by atoms with van der Waals surface area (Å²) < 4.78 is 33.4. The smallest absolute Gasteiger partial charge is 0.309 e. The van der Waals surface area contributed by atoms with Crippen LogP contribution in [0.25, 0.3) is 0 Å². The third kappa shape index (κ3) is 2.10. The minimum absolute atomic E-state index is 0.0616. The number of nitrogens with one attached hydrogen (secondary N) is 2.